The molecule has 0 spiro atoms. The van der Waals surface area contributed by atoms with E-state index in [1.807, 2.05) is 0 Å². The Hall–Kier alpha value is -3.74. The van der Waals surface area contributed by atoms with Gasteiger partial charge in [-0.1, -0.05) is 98.5 Å². The van der Waals surface area contributed by atoms with Gasteiger partial charge >= 0.3 is 0 Å². The number of hydrogen-bond donors (Lipinski definition) is 0. The summed E-state index contributed by atoms with van der Waals surface area (Å²) < 4.78 is 4.81. The van der Waals surface area contributed by atoms with E-state index < -0.39 is 0 Å². The van der Waals surface area contributed by atoms with Crippen molar-refractivity contribution in [2.75, 3.05) is 36.0 Å². The molecular weight excluding hydrogens is 744 g/mol. The van der Waals surface area contributed by atoms with Gasteiger partial charge in [0.2, 0.25) is 11.0 Å². The van der Waals surface area contributed by atoms with Crippen molar-refractivity contribution in [1.82, 2.24) is 0 Å². The molecule has 2 aliphatic rings. The van der Waals surface area contributed by atoms with E-state index in [1.54, 1.807) is 0 Å². The molecule has 4 heterocycles. The van der Waals surface area contributed by atoms with Crippen molar-refractivity contribution in [3.63, 3.8) is 0 Å². The molecule has 8 rings (SSSR count). The molecule has 6 heteroatoms. The topological polar surface area (TPSA) is 14.2 Å². The zero-order chi connectivity index (χ0) is 32.1. The van der Waals surface area contributed by atoms with Gasteiger partial charge < -0.3 is 43.8 Å². The van der Waals surface area contributed by atoms with E-state index in [0.29, 0.717) is 0 Å². The fourth-order valence-electron chi connectivity index (χ4n) is 7.99. The summed E-state index contributed by atoms with van der Waals surface area (Å²) in [6, 6.07) is 40.8. The van der Waals surface area contributed by atoms with Crippen LogP contribution in [0.2, 0.25) is 0 Å². The Morgan fingerprint density at radius 1 is 0.400 bits per heavy atom. The van der Waals surface area contributed by atoms with Gasteiger partial charge in [0.15, 0.2) is 25.5 Å². The summed E-state index contributed by atoms with van der Waals surface area (Å²) in [5, 5.41) is 2.72. The molecule has 4 aromatic carbocycles. The van der Waals surface area contributed by atoms with Gasteiger partial charge in [-0.25, -0.2) is 0 Å². The van der Waals surface area contributed by atoms with Crippen LogP contribution in [0.25, 0.3) is 32.9 Å². The summed E-state index contributed by atoms with van der Waals surface area (Å²) in [6.45, 7) is 6.38. The first kappa shape index (κ1) is 36.1. The summed E-state index contributed by atoms with van der Waals surface area (Å²) in [5.74, 6) is 0. The number of halogens is 2. The van der Waals surface area contributed by atoms with E-state index in [-0.39, 0.29) is 34.0 Å². The Kier molecular flexibility index (Phi) is 12.2. The highest BCUT2D eigenvalue weighted by Gasteiger charge is 2.20. The Labute approximate surface area is 318 Å². The molecule has 2 fully saturated rings. The molecule has 50 heavy (non-hydrogen) atoms. The molecule has 0 bridgehead atoms. The normalized spacial score (nSPS) is 15.2. The van der Waals surface area contributed by atoms with Crippen LogP contribution in [0.5, 0.6) is 0 Å². The Morgan fingerprint density at radius 2 is 0.760 bits per heavy atom. The molecule has 6 aromatic rings. The second-order valence-corrected chi connectivity index (χ2v) is 13.9. The molecule has 4 nitrogen and oxygen atoms in total. The summed E-state index contributed by atoms with van der Waals surface area (Å²) in [4.78, 5) is 5.21. The van der Waals surface area contributed by atoms with E-state index >= 15 is 0 Å². The van der Waals surface area contributed by atoms with E-state index in [1.165, 1.54) is 107 Å². The van der Waals surface area contributed by atoms with Gasteiger partial charge in [-0.05, 0) is 48.9 Å². The predicted octanol–water partition coefficient (Wildman–Crippen LogP) is 3.10. The Morgan fingerprint density at radius 3 is 1.14 bits per heavy atom. The first-order valence-corrected chi connectivity index (χ1v) is 18.3. The summed E-state index contributed by atoms with van der Waals surface area (Å²) in [7, 11) is 0. The first-order valence-electron chi connectivity index (χ1n) is 18.3. The van der Waals surface area contributed by atoms with Gasteiger partial charge in [0.05, 0.1) is 22.1 Å². The number of rotatable bonds is 7. The molecule has 258 valence electrons. The number of anilines is 2. The number of hydrogen-bond acceptors (Lipinski definition) is 2. The van der Waals surface area contributed by atoms with Gasteiger partial charge in [-0.3, -0.25) is 0 Å². The van der Waals surface area contributed by atoms with Crippen LogP contribution < -0.4 is 52.9 Å². The largest absolute Gasteiger partial charge is 1.00 e. The minimum atomic E-state index is 0. The lowest BCUT2D eigenvalue weighted by atomic mass is 10.0. The van der Waals surface area contributed by atoms with E-state index in [0.717, 1.165) is 39.3 Å². The molecular formula is C44H48Br2N4. The van der Waals surface area contributed by atoms with Crippen LogP contribution in [0.1, 0.15) is 62.5 Å². The molecule has 2 saturated heterocycles. The molecule has 2 aliphatic heterocycles. The fraction of sp³-hybridized carbons (Fsp3) is 0.318. The second kappa shape index (κ2) is 17.0. The number of benzene rings is 4. The lowest BCUT2D eigenvalue weighted by Gasteiger charge is -2.23. The van der Waals surface area contributed by atoms with Crippen molar-refractivity contribution in [1.29, 1.82) is 0 Å². The first-order chi connectivity index (χ1) is 23.8. The highest BCUT2D eigenvalue weighted by atomic mass is 79.9. The van der Waals surface area contributed by atoms with Crippen molar-refractivity contribution in [2.24, 2.45) is 0 Å². The standard InChI is InChI=1S/C44H48N4.2BrH/c1-2-10-28-45(27-9-1)43-25-31-47(41-15-7-5-13-39(41)43)33-35-17-21-37(22-18-35)38-23-19-36(20-24-38)34-48-32-26-44(40-14-6-8-16-42(40)48)46-29-11-3-4-12-30-46;;/h5-8,13-26,31-32H,1-4,9-12,27-30,33-34H2;2*1H/q+2;;/p-2. The van der Waals surface area contributed by atoms with Crippen LogP contribution in [0.4, 0.5) is 11.4 Å². The quantitative estimate of drug-likeness (QED) is 0.231. The average Bonchev–Trinajstić information content (AvgIpc) is 3.59. The molecule has 0 amide bonds. The maximum Gasteiger partial charge on any atom is 0.214 e. The van der Waals surface area contributed by atoms with E-state index in [2.05, 4.69) is 141 Å². The van der Waals surface area contributed by atoms with Crippen molar-refractivity contribution in [2.45, 2.75) is 64.5 Å². The average molecular weight is 793 g/mol. The summed E-state index contributed by atoms with van der Waals surface area (Å²) >= 11 is 0. The van der Waals surface area contributed by atoms with Crippen molar-refractivity contribution < 1.29 is 43.1 Å². The lowest BCUT2D eigenvalue weighted by molar-refractivity contribution is -0.662. The summed E-state index contributed by atoms with van der Waals surface area (Å²) in [6.07, 6.45) is 15.2. The van der Waals surface area contributed by atoms with Crippen molar-refractivity contribution in [3.8, 4) is 11.1 Å². The third kappa shape index (κ3) is 7.92. The SMILES string of the molecule is [Br-].[Br-].c1ccc2c(c1)c(N1CCCCCC1)cc[n+]2Cc1ccc(-c2ccc(C[n+]3ccc(N4CCCCCC4)c4ccccc43)cc2)cc1. The summed E-state index contributed by atoms with van der Waals surface area (Å²) in [5.41, 5.74) is 10.5. The molecule has 0 unspecified atom stereocenters. The number of pyridine rings is 2. The zero-order valence-corrected chi connectivity index (χ0v) is 32.2. The number of aromatic nitrogens is 2. The van der Waals surface area contributed by atoms with E-state index in [4.69, 9.17) is 0 Å². The van der Waals surface area contributed by atoms with Crippen LogP contribution in [0.3, 0.4) is 0 Å². The van der Waals surface area contributed by atoms with Crippen LogP contribution >= 0.6 is 0 Å². The highest BCUT2D eigenvalue weighted by molar-refractivity contribution is 5.90. The van der Waals surface area contributed by atoms with Gasteiger partial charge in [0.25, 0.3) is 0 Å². The lowest BCUT2D eigenvalue weighted by Crippen LogP contribution is -3.00. The van der Waals surface area contributed by atoms with Crippen LogP contribution in [0.15, 0.2) is 122 Å². The molecule has 0 N–H and O–H groups in total. The zero-order valence-electron chi connectivity index (χ0n) is 29.0. The fourth-order valence-corrected chi connectivity index (χ4v) is 7.99. The van der Waals surface area contributed by atoms with Crippen molar-refractivity contribution in [3.05, 3.63) is 133 Å². The number of fused-ring (bicyclic) bond motifs is 2. The van der Waals surface area contributed by atoms with Gasteiger partial charge in [-0.2, -0.15) is 9.13 Å². The Bertz CT molecular complexity index is 1850. The third-order valence-corrected chi connectivity index (χ3v) is 10.6. The van der Waals surface area contributed by atoms with E-state index in [9.17, 15) is 0 Å². The maximum absolute atomic E-state index is 2.60. The molecule has 0 aliphatic carbocycles. The van der Waals surface area contributed by atoms with Crippen LogP contribution in [-0.2, 0) is 13.1 Å². The van der Waals surface area contributed by atoms with Crippen LogP contribution in [-0.4, -0.2) is 26.2 Å². The second-order valence-electron chi connectivity index (χ2n) is 13.9. The maximum atomic E-state index is 2.60. The molecule has 0 radical (unpaired) electrons. The van der Waals surface area contributed by atoms with Crippen LogP contribution in [0, 0.1) is 0 Å². The van der Waals surface area contributed by atoms with Gasteiger partial charge in [0, 0.05) is 61.6 Å². The minimum absolute atomic E-state index is 0. The smallest absolute Gasteiger partial charge is 0.214 e. The number of nitrogens with zero attached hydrogens (tertiary/aromatic N) is 4. The monoisotopic (exact) mass is 790 g/mol. The molecule has 0 atom stereocenters. The highest BCUT2D eigenvalue weighted by Crippen LogP contribution is 2.29. The molecule has 0 saturated carbocycles. The van der Waals surface area contributed by atoms with Gasteiger partial charge in [-0.15, -0.1) is 0 Å². The number of para-hydroxylation sites is 2. The third-order valence-electron chi connectivity index (χ3n) is 10.6. The van der Waals surface area contributed by atoms with Crippen molar-refractivity contribution >= 4 is 33.2 Å². The minimum Gasteiger partial charge on any atom is -1.00 e. The predicted molar refractivity (Wildman–Crippen MR) is 200 cm³/mol. The Balaban J connectivity index is 0.00000216. The molecule has 2 aromatic heterocycles. The van der Waals surface area contributed by atoms with Gasteiger partial charge in [0.1, 0.15) is 0 Å².